The highest BCUT2D eigenvalue weighted by Gasteiger charge is 2.12. The molecular formula is C48H68N2. The van der Waals surface area contributed by atoms with E-state index in [0.29, 0.717) is 11.8 Å². The van der Waals surface area contributed by atoms with Crippen LogP contribution in [0, 0.1) is 13.8 Å². The van der Waals surface area contributed by atoms with Gasteiger partial charge in [0.15, 0.2) is 0 Å². The van der Waals surface area contributed by atoms with Gasteiger partial charge in [0.1, 0.15) is 0 Å². The van der Waals surface area contributed by atoms with Crippen LogP contribution < -0.4 is 11.5 Å². The van der Waals surface area contributed by atoms with Crippen LogP contribution in [0.5, 0.6) is 0 Å². The van der Waals surface area contributed by atoms with Crippen molar-refractivity contribution in [3.05, 3.63) is 129 Å². The van der Waals surface area contributed by atoms with Gasteiger partial charge in [-0.2, -0.15) is 0 Å². The molecule has 0 radical (unpaired) electrons. The summed E-state index contributed by atoms with van der Waals surface area (Å²) in [6, 6.07) is 31.2. The van der Waals surface area contributed by atoms with Crippen LogP contribution in [-0.2, 0) is 12.8 Å². The molecule has 4 rings (SSSR count). The van der Waals surface area contributed by atoms with Crippen molar-refractivity contribution in [2.24, 2.45) is 0 Å². The van der Waals surface area contributed by atoms with E-state index >= 15 is 0 Å². The van der Waals surface area contributed by atoms with E-state index in [1.54, 1.807) is 0 Å². The van der Waals surface area contributed by atoms with E-state index in [-0.39, 0.29) is 0 Å². The van der Waals surface area contributed by atoms with Gasteiger partial charge in [-0.3, -0.25) is 0 Å². The van der Waals surface area contributed by atoms with Crippen molar-refractivity contribution in [1.82, 2.24) is 0 Å². The fraction of sp³-hybridized carbons (Fsp3) is 0.500. The van der Waals surface area contributed by atoms with Gasteiger partial charge in [-0.25, -0.2) is 0 Å². The number of anilines is 2. The number of hydrogen-bond donors (Lipinski definition) is 2. The SMILES string of the molecule is Cc1cc(N)ccc1C(C)c1ccc(CCCCCCCCCCCCCCCCCCc2ccc(C(C)c3ccc(N)cc3C)cc2)cc1. The van der Waals surface area contributed by atoms with Gasteiger partial charge in [-0.05, 0) is 108 Å². The molecule has 0 bridgehead atoms. The zero-order valence-electron chi connectivity index (χ0n) is 32.1. The summed E-state index contributed by atoms with van der Waals surface area (Å²) in [4.78, 5) is 0. The predicted molar refractivity (Wildman–Crippen MR) is 220 cm³/mol. The molecule has 0 heterocycles. The lowest BCUT2D eigenvalue weighted by Crippen LogP contribution is -2.00. The minimum Gasteiger partial charge on any atom is -0.399 e. The van der Waals surface area contributed by atoms with E-state index < -0.39 is 0 Å². The maximum Gasteiger partial charge on any atom is 0.0316 e. The van der Waals surface area contributed by atoms with Crippen LogP contribution in [0.3, 0.4) is 0 Å². The molecule has 0 spiro atoms. The zero-order chi connectivity index (χ0) is 35.6. The molecule has 0 saturated carbocycles. The Morgan fingerprint density at radius 1 is 0.380 bits per heavy atom. The largest absolute Gasteiger partial charge is 0.399 e. The quantitative estimate of drug-likeness (QED) is 0.0608. The summed E-state index contributed by atoms with van der Waals surface area (Å²) in [5.74, 6) is 0.792. The van der Waals surface area contributed by atoms with Gasteiger partial charge in [-0.1, -0.05) is 164 Å². The van der Waals surface area contributed by atoms with Crippen LogP contribution in [0.25, 0.3) is 0 Å². The third-order valence-electron chi connectivity index (χ3n) is 11.2. The minimum absolute atomic E-state index is 0.396. The van der Waals surface area contributed by atoms with Crippen LogP contribution >= 0.6 is 0 Å². The lowest BCUT2D eigenvalue weighted by molar-refractivity contribution is 0.528. The second-order valence-corrected chi connectivity index (χ2v) is 15.3. The van der Waals surface area contributed by atoms with Crippen LogP contribution in [0.4, 0.5) is 11.4 Å². The van der Waals surface area contributed by atoms with Crippen molar-refractivity contribution in [1.29, 1.82) is 0 Å². The molecule has 0 aliphatic carbocycles. The zero-order valence-corrected chi connectivity index (χ0v) is 32.1. The second kappa shape index (κ2) is 21.6. The van der Waals surface area contributed by atoms with E-state index in [1.807, 2.05) is 12.1 Å². The molecule has 2 nitrogen and oxygen atoms in total. The van der Waals surface area contributed by atoms with E-state index in [9.17, 15) is 0 Å². The van der Waals surface area contributed by atoms with Crippen molar-refractivity contribution in [3.63, 3.8) is 0 Å². The third-order valence-corrected chi connectivity index (χ3v) is 11.2. The van der Waals surface area contributed by atoms with Crippen molar-refractivity contribution in [3.8, 4) is 0 Å². The molecule has 2 unspecified atom stereocenters. The number of rotatable bonds is 23. The fourth-order valence-electron chi connectivity index (χ4n) is 7.81. The maximum atomic E-state index is 5.95. The minimum atomic E-state index is 0.396. The molecule has 0 saturated heterocycles. The molecule has 0 aliphatic rings. The first kappa shape index (κ1) is 39.3. The monoisotopic (exact) mass is 673 g/mol. The van der Waals surface area contributed by atoms with Gasteiger partial charge in [0.25, 0.3) is 0 Å². The van der Waals surface area contributed by atoms with Crippen molar-refractivity contribution in [2.45, 2.75) is 155 Å². The first-order chi connectivity index (χ1) is 24.3. The first-order valence-electron chi connectivity index (χ1n) is 20.2. The second-order valence-electron chi connectivity index (χ2n) is 15.3. The topological polar surface area (TPSA) is 52.0 Å². The maximum absolute atomic E-state index is 5.95. The smallest absolute Gasteiger partial charge is 0.0316 e. The summed E-state index contributed by atoms with van der Waals surface area (Å²) >= 11 is 0. The van der Waals surface area contributed by atoms with Crippen molar-refractivity contribution < 1.29 is 0 Å². The van der Waals surface area contributed by atoms with Gasteiger partial charge in [0, 0.05) is 23.2 Å². The molecule has 0 aliphatic heterocycles. The molecule has 0 fully saturated rings. The summed E-state index contributed by atoms with van der Waals surface area (Å²) in [6.07, 6.45) is 24.8. The normalized spacial score (nSPS) is 12.6. The highest BCUT2D eigenvalue weighted by Crippen LogP contribution is 2.30. The lowest BCUT2D eigenvalue weighted by atomic mass is 9.89. The Bertz CT molecular complexity index is 1400. The van der Waals surface area contributed by atoms with Crippen LogP contribution in [0.2, 0.25) is 0 Å². The van der Waals surface area contributed by atoms with Gasteiger partial charge in [-0.15, -0.1) is 0 Å². The molecule has 0 aromatic heterocycles. The van der Waals surface area contributed by atoms with Crippen LogP contribution in [0.15, 0.2) is 84.9 Å². The van der Waals surface area contributed by atoms with Crippen molar-refractivity contribution in [2.75, 3.05) is 11.5 Å². The van der Waals surface area contributed by atoms with E-state index in [4.69, 9.17) is 11.5 Å². The molecular weight excluding hydrogens is 605 g/mol. The van der Waals surface area contributed by atoms with Crippen molar-refractivity contribution >= 4 is 11.4 Å². The van der Waals surface area contributed by atoms with Gasteiger partial charge in [0.05, 0.1) is 0 Å². The Morgan fingerprint density at radius 3 is 0.940 bits per heavy atom. The average molecular weight is 673 g/mol. The highest BCUT2D eigenvalue weighted by molar-refractivity contribution is 5.48. The summed E-state index contributed by atoms with van der Waals surface area (Å²) in [5, 5.41) is 0. The Balaban J connectivity index is 0.914. The lowest BCUT2D eigenvalue weighted by Gasteiger charge is -2.16. The van der Waals surface area contributed by atoms with Crippen LogP contribution in [0.1, 0.15) is 173 Å². The van der Waals surface area contributed by atoms with Gasteiger partial charge in [0.2, 0.25) is 0 Å². The Hall–Kier alpha value is -3.52. The number of nitrogens with two attached hydrogens (primary N) is 2. The fourth-order valence-corrected chi connectivity index (χ4v) is 7.81. The highest BCUT2D eigenvalue weighted by atomic mass is 14.5. The van der Waals surface area contributed by atoms with Gasteiger partial charge >= 0.3 is 0 Å². The Kier molecular flexibility index (Phi) is 17.0. The number of hydrogen-bond acceptors (Lipinski definition) is 2. The average Bonchev–Trinajstić information content (AvgIpc) is 3.11. The molecule has 4 aromatic carbocycles. The van der Waals surface area contributed by atoms with E-state index in [1.165, 1.54) is 160 Å². The summed E-state index contributed by atoms with van der Waals surface area (Å²) in [6.45, 7) is 8.92. The summed E-state index contributed by atoms with van der Waals surface area (Å²) in [7, 11) is 0. The van der Waals surface area contributed by atoms with E-state index in [2.05, 4.69) is 100 Å². The molecule has 2 heteroatoms. The standard InChI is InChI=1S/C48H68N2/c1-37-35-45(49)31-33-47(37)39(3)43-27-23-41(24-28-43)21-19-17-15-13-11-9-7-5-6-8-10-12-14-16-18-20-22-42-25-29-44(30-26-42)40(4)48-34-32-46(50)36-38(48)2/h23-36,39-40H,5-22,49-50H2,1-4H3. The van der Waals surface area contributed by atoms with Crippen LogP contribution in [-0.4, -0.2) is 0 Å². The number of unbranched alkanes of at least 4 members (excludes halogenated alkanes) is 15. The third kappa shape index (κ3) is 13.3. The number of nitrogen functional groups attached to an aromatic ring is 2. The first-order valence-corrected chi connectivity index (χ1v) is 20.2. The number of benzene rings is 4. The van der Waals surface area contributed by atoms with E-state index in [0.717, 1.165) is 11.4 Å². The molecule has 2 atom stereocenters. The number of aryl methyl sites for hydroxylation is 4. The summed E-state index contributed by atoms with van der Waals surface area (Å²) in [5.41, 5.74) is 24.6. The molecule has 0 amide bonds. The molecule has 270 valence electrons. The Morgan fingerprint density at radius 2 is 0.660 bits per heavy atom. The molecule has 50 heavy (non-hydrogen) atoms. The summed E-state index contributed by atoms with van der Waals surface area (Å²) < 4.78 is 0. The Labute approximate surface area is 306 Å². The molecule has 4 N–H and O–H groups in total. The molecule has 4 aromatic rings. The van der Waals surface area contributed by atoms with Gasteiger partial charge < -0.3 is 11.5 Å². The predicted octanol–water partition coefficient (Wildman–Crippen LogP) is 13.8.